The Balaban J connectivity index is 1.70. The summed E-state index contributed by atoms with van der Waals surface area (Å²) in [7, 11) is 0. The van der Waals surface area contributed by atoms with Gasteiger partial charge in [-0.3, -0.25) is 4.79 Å². The Bertz CT molecular complexity index is 709. The number of carbonyl (C=O) groups excluding carboxylic acids is 1. The van der Waals surface area contributed by atoms with Crippen molar-refractivity contribution in [3.05, 3.63) is 18.1 Å². The van der Waals surface area contributed by atoms with Gasteiger partial charge in [-0.05, 0) is 19.3 Å². The number of piperidine rings is 1. The quantitative estimate of drug-likeness (QED) is 0.877. The molecule has 10 heteroatoms. The lowest BCUT2D eigenvalue weighted by atomic mass is 9.88. The number of hydrogen-bond acceptors (Lipinski definition) is 6. The number of anilines is 1. The first kappa shape index (κ1) is 18.4. The van der Waals surface area contributed by atoms with Crippen molar-refractivity contribution in [1.82, 2.24) is 15.3 Å². The van der Waals surface area contributed by atoms with Gasteiger partial charge < -0.3 is 15.1 Å². The minimum absolute atomic E-state index is 0.193. The third-order valence-electron chi connectivity index (χ3n) is 4.44. The molecule has 0 bridgehead atoms. The van der Waals surface area contributed by atoms with Gasteiger partial charge in [-0.1, -0.05) is 12.1 Å². The number of amides is 1. The highest BCUT2D eigenvalue weighted by atomic mass is 19.4. The lowest BCUT2D eigenvalue weighted by molar-refractivity contribution is -0.141. The maximum atomic E-state index is 12.9. The normalized spacial score (nSPS) is 22.9. The minimum Gasteiger partial charge on any atom is -0.386 e. The summed E-state index contributed by atoms with van der Waals surface area (Å²) in [4.78, 5) is 26.6. The third kappa shape index (κ3) is 3.88. The molecule has 1 N–H and O–H groups in total. The first-order valence-corrected chi connectivity index (χ1v) is 8.50. The average molecular weight is 371 g/mol. The lowest BCUT2D eigenvalue weighted by Gasteiger charge is -2.38. The molecule has 1 aromatic heterocycles. The van der Waals surface area contributed by atoms with Crippen molar-refractivity contribution < 1.29 is 22.8 Å². The van der Waals surface area contributed by atoms with E-state index in [0.29, 0.717) is 44.6 Å². The van der Waals surface area contributed by atoms with Crippen molar-refractivity contribution >= 4 is 17.4 Å². The molecule has 3 rings (SSSR count). The van der Waals surface area contributed by atoms with E-state index in [0.717, 1.165) is 18.8 Å². The topological polar surface area (TPSA) is 79.7 Å². The van der Waals surface area contributed by atoms with Crippen LogP contribution in [0.15, 0.2) is 17.5 Å². The Hall–Kier alpha value is -2.39. The molecule has 26 heavy (non-hydrogen) atoms. The molecule has 3 heterocycles. The van der Waals surface area contributed by atoms with Crippen LogP contribution in [-0.4, -0.2) is 46.8 Å². The monoisotopic (exact) mass is 371 g/mol. The van der Waals surface area contributed by atoms with Gasteiger partial charge in [-0.2, -0.15) is 13.2 Å². The molecule has 0 unspecified atom stereocenters. The Kier molecular flexibility index (Phi) is 5.01. The standard InChI is InChI=1S/C16H20F3N5O2/c1-2-5-20-14(25)11-8-15(26-23-11)4-3-6-24(9-15)13-7-12(16(17,18)19)21-10-22-13/h7,10H,2-6,8-9H2,1H3,(H,20,25)/t15-/m0/s1. The van der Waals surface area contributed by atoms with Crippen LogP contribution in [0.1, 0.15) is 38.3 Å². The van der Waals surface area contributed by atoms with E-state index >= 15 is 0 Å². The van der Waals surface area contributed by atoms with Gasteiger partial charge in [0.1, 0.15) is 23.6 Å². The van der Waals surface area contributed by atoms with Crippen molar-refractivity contribution in [2.75, 3.05) is 24.5 Å². The number of nitrogens with zero attached hydrogens (tertiary/aromatic N) is 4. The predicted octanol–water partition coefficient (Wildman–Crippen LogP) is 2.14. The minimum atomic E-state index is -4.53. The molecule has 1 saturated heterocycles. The fourth-order valence-corrected chi connectivity index (χ4v) is 3.17. The van der Waals surface area contributed by atoms with E-state index in [-0.39, 0.29) is 11.7 Å². The molecule has 142 valence electrons. The molecule has 0 radical (unpaired) electrons. The second-order valence-electron chi connectivity index (χ2n) is 6.53. The van der Waals surface area contributed by atoms with Crippen LogP contribution in [0.4, 0.5) is 19.0 Å². The number of alkyl halides is 3. The number of oxime groups is 1. The molecule has 0 aliphatic carbocycles. The molecule has 1 aromatic rings. The molecule has 2 aliphatic heterocycles. The molecule has 1 atom stereocenters. The average Bonchev–Trinajstić information content (AvgIpc) is 3.02. The van der Waals surface area contributed by atoms with E-state index in [9.17, 15) is 18.0 Å². The summed E-state index contributed by atoms with van der Waals surface area (Å²) in [6.45, 7) is 3.37. The zero-order valence-electron chi connectivity index (χ0n) is 14.3. The van der Waals surface area contributed by atoms with Gasteiger partial charge in [0, 0.05) is 25.6 Å². The van der Waals surface area contributed by atoms with Gasteiger partial charge in [-0.15, -0.1) is 0 Å². The smallest absolute Gasteiger partial charge is 0.386 e. The summed E-state index contributed by atoms with van der Waals surface area (Å²) in [5, 5.41) is 6.67. The number of rotatable bonds is 4. The van der Waals surface area contributed by atoms with E-state index in [2.05, 4.69) is 20.4 Å². The Morgan fingerprint density at radius 3 is 2.96 bits per heavy atom. The largest absolute Gasteiger partial charge is 0.433 e. The van der Waals surface area contributed by atoms with Gasteiger partial charge in [0.05, 0.1) is 6.54 Å². The summed E-state index contributed by atoms with van der Waals surface area (Å²) in [6, 6.07) is 0.934. The van der Waals surface area contributed by atoms with Gasteiger partial charge in [0.2, 0.25) is 0 Å². The molecular formula is C16H20F3N5O2. The highest BCUT2D eigenvalue weighted by Gasteiger charge is 2.45. The number of hydrogen-bond donors (Lipinski definition) is 1. The third-order valence-corrected chi connectivity index (χ3v) is 4.44. The van der Waals surface area contributed by atoms with E-state index in [4.69, 9.17) is 4.84 Å². The Morgan fingerprint density at radius 1 is 1.42 bits per heavy atom. The van der Waals surface area contributed by atoms with E-state index < -0.39 is 17.5 Å². The fraction of sp³-hybridized carbons (Fsp3) is 0.625. The number of halogens is 3. The van der Waals surface area contributed by atoms with Crippen LogP contribution >= 0.6 is 0 Å². The van der Waals surface area contributed by atoms with Crippen molar-refractivity contribution in [2.24, 2.45) is 5.16 Å². The molecule has 1 spiro atoms. The van der Waals surface area contributed by atoms with Crippen molar-refractivity contribution in [3.8, 4) is 0 Å². The maximum Gasteiger partial charge on any atom is 0.433 e. The van der Waals surface area contributed by atoms with Crippen molar-refractivity contribution in [1.29, 1.82) is 0 Å². The molecule has 0 aromatic carbocycles. The molecule has 2 aliphatic rings. The van der Waals surface area contributed by atoms with Crippen LogP contribution in [-0.2, 0) is 15.8 Å². The summed E-state index contributed by atoms with van der Waals surface area (Å²) < 4.78 is 38.6. The highest BCUT2D eigenvalue weighted by Crippen LogP contribution is 2.36. The second kappa shape index (κ2) is 7.08. The SMILES string of the molecule is CCCNC(=O)C1=NO[C@@]2(CCCN(c3cc(C(F)(F)F)ncn3)C2)C1. The Morgan fingerprint density at radius 2 is 2.23 bits per heavy atom. The summed E-state index contributed by atoms with van der Waals surface area (Å²) in [6.07, 6.45) is -1.10. The summed E-state index contributed by atoms with van der Waals surface area (Å²) >= 11 is 0. The van der Waals surface area contributed by atoms with Crippen LogP contribution in [0.3, 0.4) is 0 Å². The van der Waals surface area contributed by atoms with Crippen LogP contribution in [0.5, 0.6) is 0 Å². The number of carbonyl (C=O) groups is 1. The molecular weight excluding hydrogens is 351 g/mol. The van der Waals surface area contributed by atoms with Crippen molar-refractivity contribution in [3.63, 3.8) is 0 Å². The van der Waals surface area contributed by atoms with Gasteiger partial charge in [0.25, 0.3) is 5.91 Å². The highest BCUT2D eigenvalue weighted by molar-refractivity contribution is 6.39. The van der Waals surface area contributed by atoms with Gasteiger partial charge in [0.15, 0.2) is 5.60 Å². The number of aromatic nitrogens is 2. The maximum absolute atomic E-state index is 12.9. The second-order valence-corrected chi connectivity index (χ2v) is 6.53. The van der Waals surface area contributed by atoms with Crippen LogP contribution < -0.4 is 10.2 Å². The van der Waals surface area contributed by atoms with Crippen LogP contribution in [0.25, 0.3) is 0 Å². The van der Waals surface area contributed by atoms with Crippen LogP contribution in [0, 0.1) is 0 Å². The zero-order chi connectivity index (χ0) is 18.8. The number of nitrogens with one attached hydrogen (secondary N) is 1. The zero-order valence-corrected chi connectivity index (χ0v) is 14.3. The fourth-order valence-electron chi connectivity index (χ4n) is 3.17. The lowest BCUT2D eigenvalue weighted by Crippen LogP contribution is -2.49. The van der Waals surface area contributed by atoms with E-state index in [1.807, 2.05) is 6.92 Å². The molecule has 1 fully saturated rings. The molecule has 1 amide bonds. The molecule has 0 saturated carbocycles. The first-order chi connectivity index (χ1) is 12.3. The predicted molar refractivity (Wildman–Crippen MR) is 87.6 cm³/mol. The Labute approximate surface area is 148 Å². The van der Waals surface area contributed by atoms with Gasteiger partial charge in [-0.25, -0.2) is 9.97 Å². The molecule has 7 nitrogen and oxygen atoms in total. The van der Waals surface area contributed by atoms with E-state index in [1.165, 1.54) is 0 Å². The summed E-state index contributed by atoms with van der Waals surface area (Å²) in [5.41, 5.74) is -1.37. The van der Waals surface area contributed by atoms with Gasteiger partial charge >= 0.3 is 6.18 Å². The van der Waals surface area contributed by atoms with Crippen LogP contribution in [0.2, 0.25) is 0 Å². The first-order valence-electron chi connectivity index (χ1n) is 8.50. The van der Waals surface area contributed by atoms with Crippen molar-refractivity contribution in [2.45, 2.75) is 44.4 Å². The summed E-state index contributed by atoms with van der Waals surface area (Å²) in [5.74, 6) is -0.0684. The van der Waals surface area contributed by atoms with E-state index in [1.54, 1.807) is 4.90 Å².